The standard InChI is InChI=1S/C17H20ClN3O5S/c1-20(2)16(13-6-4-5-7-14(13)18)11-19-27(24,25)17-9-8-12(26-3)10-15(17)21(22)23/h4-10,16,19H,11H2,1-3H3. The SMILES string of the molecule is COc1ccc(S(=O)(=O)NCC(c2ccccc2Cl)N(C)C)c([N+](=O)[O-])c1. The second-order valence-electron chi connectivity index (χ2n) is 5.94. The quantitative estimate of drug-likeness (QED) is 0.527. The number of hydrogen-bond acceptors (Lipinski definition) is 6. The van der Waals surface area contributed by atoms with Gasteiger partial charge in [0.15, 0.2) is 4.90 Å². The molecule has 0 saturated carbocycles. The lowest BCUT2D eigenvalue weighted by molar-refractivity contribution is -0.387. The summed E-state index contributed by atoms with van der Waals surface area (Å²) in [7, 11) is 0.796. The molecular formula is C17H20ClN3O5S. The van der Waals surface area contributed by atoms with Crippen LogP contribution < -0.4 is 9.46 Å². The van der Waals surface area contributed by atoms with Gasteiger partial charge >= 0.3 is 0 Å². The maximum Gasteiger partial charge on any atom is 0.293 e. The van der Waals surface area contributed by atoms with Crippen molar-refractivity contribution < 1.29 is 18.1 Å². The van der Waals surface area contributed by atoms with Crippen LogP contribution in [0.2, 0.25) is 5.02 Å². The van der Waals surface area contributed by atoms with Crippen molar-refractivity contribution in [3.8, 4) is 5.75 Å². The number of likely N-dealkylation sites (N-methyl/N-ethyl adjacent to an activating group) is 1. The lowest BCUT2D eigenvalue weighted by Crippen LogP contribution is -2.35. The highest BCUT2D eigenvalue weighted by Crippen LogP contribution is 2.29. The predicted molar refractivity (Wildman–Crippen MR) is 103 cm³/mol. The van der Waals surface area contributed by atoms with Gasteiger partial charge in [-0.25, -0.2) is 13.1 Å². The van der Waals surface area contributed by atoms with E-state index >= 15 is 0 Å². The number of halogens is 1. The second kappa shape index (κ2) is 8.66. The van der Waals surface area contributed by atoms with Gasteiger partial charge in [-0.1, -0.05) is 29.8 Å². The molecular weight excluding hydrogens is 394 g/mol. The van der Waals surface area contributed by atoms with Gasteiger partial charge in [0.05, 0.1) is 18.1 Å². The molecule has 1 N–H and O–H groups in total. The maximum absolute atomic E-state index is 12.7. The zero-order valence-electron chi connectivity index (χ0n) is 15.0. The summed E-state index contributed by atoms with van der Waals surface area (Å²) in [5.74, 6) is 0.197. The Morgan fingerprint density at radius 3 is 2.48 bits per heavy atom. The summed E-state index contributed by atoms with van der Waals surface area (Å²) in [5.41, 5.74) is 0.192. The first-order valence-corrected chi connectivity index (χ1v) is 9.76. The fraction of sp³-hybridized carbons (Fsp3) is 0.294. The summed E-state index contributed by atoms with van der Waals surface area (Å²) in [5, 5.41) is 11.8. The van der Waals surface area contributed by atoms with E-state index in [9.17, 15) is 18.5 Å². The molecule has 0 saturated heterocycles. The van der Waals surface area contributed by atoms with Crippen molar-refractivity contribution in [1.29, 1.82) is 0 Å². The first kappa shape index (κ1) is 21.1. The number of methoxy groups -OCH3 is 1. The molecule has 0 radical (unpaired) electrons. The van der Waals surface area contributed by atoms with Crippen molar-refractivity contribution in [2.45, 2.75) is 10.9 Å². The van der Waals surface area contributed by atoms with Gasteiger partial charge in [0, 0.05) is 17.6 Å². The van der Waals surface area contributed by atoms with Crippen molar-refractivity contribution in [2.24, 2.45) is 0 Å². The Hall–Kier alpha value is -2.20. The molecule has 0 fully saturated rings. The van der Waals surface area contributed by atoms with Crippen molar-refractivity contribution in [3.05, 3.63) is 63.2 Å². The van der Waals surface area contributed by atoms with Gasteiger partial charge in [0.1, 0.15) is 5.75 Å². The Balaban J connectivity index is 2.33. The number of ether oxygens (including phenoxy) is 1. The molecule has 10 heteroatoms. The van der Waals surface area contributed by atoms with Crippen LogP contribution in [0.4, 0.5) is 5.69 Å². The van der Waals surface area contributed by atoms with Crippen LogP contribution >= 0.6 is 11.6 Å². The Labute approximate surface area is 162 Å². The van der Waals surface area contributed by atoms with Gasteiger partial charge in [-0.05, 0) is 37.9 Å². The second-order valence-corrected chi connectivity index (χ2v) is 8.09. The highest BCUT2D eigenvalue weighted by Gasteiger charge is 2.28. The molecule has 0 aromatic heterocycles. The van der Waals surface area contributed by atoms with E-state index in [1.165, 1.54) is 13.2 Å². The summed E-state index contributed by atoms with van der Waals surface area (Å²) in [4.78, 5) is 11.9. The third kappa shape index (κ3) is 4.95. The monoisotopic (exact) mass is 413 g/mol. The minimum absolute atomic E-state index is 0.0117. The molecule has 0 aliphatic carbocycles. The van der Waals surface area contributed by atoms with E-state index in [1.807, 2.05) is 4.90 Å². The number of hydrogen-bond donors (Lipinski definition) is 1. The number of rotatable bonds is 8. The molecule has 0 amide bonds. The molecule has 2 aromatic carbocycles. The molecule has 0 heterocycles. The summed E-state index contributed by atoms with van der Waals surface area (Å²) in [6.45, 7) is -0.0117. The molecule has 8 nitrogen and oxygen atoms in total. The average molecular weight is 414 g/mol. The number of nitrogens with one attached hydrogen (secondary N) is 1. The van der Waals surface area contributed by atoms with Gasteiger partial charge in [-0.15, -0.1) is 0 Å². The fourth-order valence-corrected chi connectivity index (χ4v) is 4.03. The minimum Gasteiger partial charge on any atom is -0.497 e. The van der Waals surface area contributed by atoms with E-state index in [1.54, 1.807) is 38.4 Å². The van der Waals surface area contributed by atoms with E-state index in [0.29, 0.717) is 5.02 Å². The topological polar surface area (TPSA) is 102 Å². The van der Waals surface area contributed by atoms with Crippen molar-refractivity contribution >= 4 is 27.3 Å². The summed E-state index contributed by atoms with van der Waals surface area (Å²) < 4.78 is 32.8. The summed E-state index contributed by atoms with van der Waals surface area (Å²) in [6.07, 6.45) is 0. The molecule has 2 aromatic rings. The first-order chi connectivity index (χ1) is 12.7. The smallest absolute Gasteiger partial charge is 0.293 e. The van der Waals surface area contributed by atoms with Crippen LogP contribution in [-0.4, -0.2) is 46.0 Å². The molecule has 1 unspecified atom stereocenters. The number of nitro benzene ring substituents is 1. The van der Waals surface area contributed by atoms with Crippen LogP contribution in [0.15, 0.2) is 47.4 Å². The van der Waals surface area contributed by atoms with Crippen LogP contribution in [0, 0.1) is 10.1 Å². The number of sulfonamides is 1. The Morgan fingerprint density at radius 2 is 1.93 bits per heavy atom. The zero-order valence-corrected chi connectivity index (χ0v) is 16.6. The van der Waals surface area contributed by atoms with Gasteiger partial charge in [0.25, 0.3) is 5.69 Å². The lowest BCUT2D eigenvalue weighted by atomic mass is 10.1. The van der Waals surface area contributed by atoms with Crippen molar-refractivity contribution in [3.63, 3.8) is 0 Å². The highest BCUT2D eigenvalue weighted by molar-refractivity contribution is 7.89. The van der Waals surface area contributed by atoms with Gasteiger partial charge in [-0.3, -0.25) is 10.1 Å². The van der Waals surface area contributed by atoms with Crippen LogP contribution in [0.3, 0.4) is 0 Å². The Kier molecular flexibility index (Phi) is 6.77. The predicted octanol–water partition coefficient (Wildman–Crippen LogP) is 2.84. The highest BCUT2D eigenvalue weighted by atomic mass is 35.5. The van der Waals surface area contributed by atoms with Crippen LogP contribution in [0.1, 0.15) is 11.6 Å². The van der Waals surface area contributed by atoms with E-state index in [2.05, 4.69) is 4.72 Å². The maximum atomic E-state index is 12.7. The molecule has 0 bridgehead atoms. The van der Waals surface area contributed by atoms with E-state index in [0.717, 1.165) is 17.7 Å². The molecule has 1 atom stereocenters. The summed E-state index contributed by atoms with van der Waals surface area (Å²) >= 11 is 6.22. The van der Waals surface area contributed by atoms with E-state index in [-0.39, 0.29) is 18.3 Å². The molecule has 2 rings (SSSR count). The van der Waals surface area contributed by atoms with E-state index < -0.39 is 25.5 Å². The van der Waals surface area contributed by atoms with Gasteiger partial charge in [-0.2, -0.15) is 0 Å². The minimum atomic E-state index is -4.13. The van der Waals surface area contributed by atoms with E-state index in [4.69, 9.17) is 16.3 Å². The number of nitrogens with zero attached hydrogens (tertiary/aromatic N) is 2. The number of nitro groups is 1. The molecule has 0 spiro atoms. The zero-order chi connectivity index (χ0) is 20.2. The molecule has 0 aliphatic heterocycles. The van der Waals surface area contributed by atoms with Crippen molar-refractivity contribution in [1.82, 2.24) is 9.62 Å². The van der Waals surface area contributed by atoms with Crippen LogP contribution in [0.5, 0.6) is 5.75 Å². The normalized spacial score (nSPS) is 12.8. The molecule has 27 heavy (non-hydrogen) atoms. The van der Waals surface area contributed by atoms with Crippen LogP contribution in [0.25, 0.3) is 0 Å². The van der Waals surface area contributed by atoms with Gasteiger partial charge < -0.3 is 9.64 Å². The average Bonchev–Trinajstić information content (AvgIpc) is 2.62. The first-order valence-electron chi connectivity index (χ1n) is 7.90. The van der Waals surface area contributed by atoms with Crippen LogP contribution in [-0.2, 0) is 10.0 Å². The lowest BCUT2D eigenvalue weighted by Gasteiger charge is -2.25. The molecule has 146 valence electrons. The van der Waals surface area contributed by atoms with Crippen molar-refractivity contribution in [2.75, 3.05) is 27.7 Å². The summed E-state index contributed by atoms with van der Waals surface area (Å²) in [6, 6.07) is 10.3. The fourth-order valence-electron chi connectivity index (χ4n) is 2.58. The largest absolute Gasteiger partial charge is 0.497 e. The molecule has 0 aliphatic rings. The Bertz CT molecular complexity index is 934. The Morgan fingerprint density at radius 1 is 1.26 bits per heavy atom. The third-order valence-corrected chi connectivity index (χ3v) is 5.82. The number of benzene rings is 2. The van der Waals surface area contributed by atoms with Gasteiger partial charge in [0.2, 0.25) is 10.0 Å². The third-order valence-electron chi connectivity index (χ3n) is 4.01.